The van der Waals surface area contributed by atoms with Crippen LogP contribution in [0.1, 0.15) is 26.3 Å². The van der Waals surface area contributed by atoms with Crippen LogP contribution in [-0.2, 0) is 0 Å². The summed E-state index contributed by atoms with van der Waals surface area (Å²) >= 11 is 6.90. The van der Waals surface area contributed by atoms with E-state index in [1.54, 1.807) is 66.7 Å². The highest BCUT2D eigenvalue weighted by Crippen LogP contribution is 2.50. The molecule has 0 saturated heterocycles. The van der Waals surface area contributed by atoms with Crippen LogP contribution in [0.25, 0.3) is 5.57 Å². The summed E-state index contributed by atoms with van der Waals surface area (Å²) in [5, 5.41) is 5.26. The van der Waals surface area contributed by atoms with Gasteiger partial charge in [0, 0.05) is 11.1 Å². The Bertz CT molecular complexity index is 1270. The van der Waals surface area contributed by atoms with Crippen LogP contribution in [0.5, 0.6) is 0 Å². The standard InChI is InChI=1S/C27H19Br2F3N2O2/c28-25(29)16-21(18-10-4-1-5-11-18)22(27(30,31)32)17-26(25,33-23(35)19-12-6-2-7-13-19)34-24(36)20-14-8-3-9-15-20/h1-17H,(H,33,35)(H,34,36). The highest BCUT2D eigenvalue weighted by atomic mass is 79.9. The van der Waals surface area contributed by atoms with Crippen molar-refractivity contribution in [3.63, 3.8) is 0 Å². The number of hydrogen-bond donors (Lipinski definition) is 2. The minimum Gasteiger partial charge on any atom is -0.324 e. The van der Waals surface area contributed by atoms with Crippen LogP contribution in [0.4, 0.5) is 13.2 Å². The SMILES string of the molecule is O=C(NC1(NC(=O)c2ccccc2)C=C(C(F)(F)F)C(c2ccccc2)=CC1(Br)Br)c1ccccc1. The van der Waals surface area contributed by atoms with Crippen LogP contribution in [0.3, 0.4) is 0 Å². The van der Waals surface area contributed by atoms with Gasteiger partial charge in [-0.1, -0.05) is 98.6 Å². The fraction of sp³-hybridized carbons (Fsp3) is 0.111. The normalized spacial score (nSPS) is 16.4. The van der Waals surface area contributed by atoms with Crippen molar-refractivity contribution in [2.45, 2.75) is 15.1 Å². The number of amides is 2. The molecule has 1 aliphatic carbocycles. The van der Waals surface area contributed by atoms with E-state index in [9.17, 15) is 22.8 Å². The number of nitrogens with one attached hydrogen (secondary N) is 2. The summed E-state index contributed by atoms with van der Waals surface area (Å²) < 4.78 is 41.7. The number of hydrogen-bond acceptors (Lipinski definition) is 2. The molecule has 4 rings (SSSR count). The van der Waals surface area contributed by atoms with Gasteiger partial charge in [0.15, 0.2) is 5.66 Å². The van der Waals surface area contributed by atoms with Gasteiger partial charge in [-0.05, 0) is 47.6 Å². The second kappa shape index (κ2) is 10.1. The lowest BCUT2D eigenvalue weighted by atomic mass is 9.85. The summed E-state index contributed by atoms with van der Waals surface area (Å²) in [6, 6.07) is 24.1. The molecule has 0 bridgehead atoms. The van der Waals surface area contributed by atoms with E-state index in [2.05, 4.69) is 42.5 Å². The number of carbonyl (C=O) groups excluding carboxylic acids is 2. The number of halogens is 5. The van der Waals surface area contributed by atoms with Crippen LogP contribution in [0.2, 0.25) is 0 Å². The maximum Gasteiger partial charge on any atom is 0.416 e. The van der Waals surface area contributed by atoms with Crippen LogP contribution in [-0.4, -0.2) is 26.9 Å². The van der Waals surface area contributed by atoms with E-state index in [1.165, 1.54) is 30.3 Å². The molecule has 1 aliphatic rings. The molecule has 0 spiro atoms. The van der Waals surface area contributed by atoms with Gasteiger partial charge in [-0.25, -0.2) is 0 Å². The molecule has 9 heteroatoms. The minimum absolute atomic E-state index is 0.115. The highest BCUT2D eigenvalue weighted by Gasteiger charge is 2.54. The van der Waals surface area contributed by atoms with Gasteiger partial charge in [0.1, 0.15) is 3.23 Å². The number of benzene rings is 3. The van der Waals surface area contributed by atoms with Gasteiger partial charge in [0.25, 0.3) is 11.8 Å². The summed E-state index contributed by atoms with van der Waals surface area (Å²) in [6.07, 6.45) is -2.67. The topological polar surface area (TPSA) is 58.2 Å². The van der Waals surface area contributed by atoms with Crippen molar-refractivity contribution < 1.29 is 22.8 Å². The van der Waals surface area contributed by atoms with E-state index in [0.717, 1.165) is 6.08 Å². The molecule has 36 heavy (non-hydrogen) atoms. The van der Waals surface area contributed by atoms with Crippen molar-refractivity contribution in [2.24, 2.45) is 0 Å². The third-order valence-electron chi connectivity index (χ3n) is 5.59. The Morgan fingerprint density at radius 2 is 1.08 bits per heavy atom. The van der Waals surface area contributed by atoms with Crippen molar-refractivity contribution in [1.29, 1.82) is 0 Å². The number of alkyl halides is 5. The fourth-order valence-corrected chi connectivity index (χ4v) is 4.89. The average Bonchev–Trinajstić information content (AvgIpc) is 2.86. The highest BCUT2D eigenvalue weighted by molar-refractivity contribution is 9.25. The number of carbonyl (C=O) groups is 2. The summed E-state index contributed by atoms with van der Waals surface area (Å²) in [6.45, 7) is 0. The zero-order valence-electron chi connectivity index (χ0n) is 18.5. The van der Waals surface area contributed by atoms with Crippen LogP contribution >= 0.6 is 31.9 Å². The molecule has 4 nitrogen and oxygen atoms in total. The van der Waals surface area contributed by atoms with E-state index < -0.39 is 32.5 Å². The first-order valence-electron chi connectivity index (χ1n) is 10.7. The minimum atomic E-state index is -4.79. The molecule has 2 N–H and O–H groups in total. The second-order valence-electron chi connectivity index (χ2n) is 8.05. The maximum absolute atomic E-state index is 14.4. The summed E-state index contributed by atoms with van der Waals surface area (Å²) in [5.74, 6) is -1.36. The molecule has 0 radical (unpaired) electrons. The third-order valence-corrected chi connectivity index (χ3v) is 7.29. The Kier molecular flexibility index (Phi) is 7.24. The first-order chi connectivity index (χ1) is 17.0. The summed E-state index contributed by atoms with van der Waals surface area (Å²) in [7, 11) is 0. The Hall–Kier alpha value is -3.17. The van der Waals surface area contributed by atoms with Gasteiger partial charge >= 0.3 is 6.18 Å². The summed E-state index contributed by atoms with van der Waals surface area (Å²) in [4.78, 5) is 26.4. The molecule has 3 aromatic carbocycles. The molecule has 0 aliphatic heterocycles. The smallest absolute Gasteiger partial charge is 0.324 e. The van der Waals surface area contributed by atoms with Crippen molar-refractivity contribution in [1.82, 2.24) is 10.6 Å². The van der Waals surface area contributed by atoms with Gasteiger partial charge < -0.3 is 10.6 Å². The lowest BCUT2D eigenvalue weighted by Crippen LogP contribution is -2.68. The summed E-state index contributed by atoms with van der Waals surface area (Å²) in [5.41, 5.74) is -2.44. The van der Waals surface area contributed by atoms with Gasteiger partial charge in [-0.15, -0.1) is 0 Å². The molecule has 0 unspecified atom stereocenters. The van der Waals surface area contributed by atoms with Crippen molar-refractivity contribution in [2.75, 3.05) is 0 Å². The van der Waals surface area contributed by atoms with Gasteiger partial charge in [-0.2, -0.15) is 13.2 Å². The second-order valence-corrected chi connectivity index (χ2v) is 11.6. The molecule has 3 aromatic rings. The van der Waals surface area contributed by atoms with E-state index in [-0.39, 0.29) is 16.7 Å². The maximum atomic E-state index is 14.4. The molecular weight excluding hydrogens is 601 g/mol. The number of rotatable bonds is 5. The fourth-order valence-electron chi connectivity index (χ4n) is 3.81. The lowest BCUT2D eigenvalue weighted by molar-refractivity contribution is -0.0881. The van der Waals surface area contributed by atoms with Gasteiger partial charge in [0.05, 0.1) is 5.57 Å². The monoisotopic (exact) mass is 618 g/mol. The molecule has 0 saturated carbocycles. The first-order valence-corrected chi connectivity index (χ1v) is 12.3. The Labute approximate surface area is 222 Å². The average molecular weight is 620 g/mol. The van der Waals surface area contributed by atoms with E-state index in [4.69, 9.17) is 0 Å². The zero-order chi connectivity index (χ0) is 26.0. The van der Waals surface area contributed by atoms with Crippen LogP contribution in [0, 0.1) is 0 Å². The molecule has 0 heterocycles. The van der Waals surface area contributed by atoms with Gasteiger partial charge in [-0.3, -0.25) is 9.59 Å². The largest absolute Gasteiger partial charge is 0.416 e. The molecular formula is C27H19Br2F3N2O2. The molecule has 184 valence electrons. The van der Waals surface area contributed by atoms with Crippen LogP contribution < -0.4 is 10.6 Å². The Morgan fingerprint density at radius 3 is 1.50 bits per heavy atom. The van der Waals surface area contributed by atoms with Crippen molar-refractivity contribution >= 4 is 49.2 Å². The number of allylic oxidation sites excluding steroid dienone is 2. The molecule has 2 amide bonds. The lowest BCUT2D eigenvalue weighted by Gasteiger charge is -2.45. The Balaban J connectivity index is 1.88. The van der Waals surface area contributed by atoms with E-state index >= 15 is 0 Å². The Morgan fingerprint density at radius 1 is 0.667 bits per heavy atom. The van der Waals surface area contributed by atoms with E-state index in [0.29, 0.717) is 5.56 Å². The van der Waals surface area contributed by atoms with Gasteiger partial charge in [0.2, 0.25) is 0 Å². The quantitative estimate of drug-likeness (QED) is 0.249. The van der Waals surface area contributed by atoms with Crippen LogP contribution in [0.15, 0.2) is 109 Å². The van der Waals surface area contributed by atoms with E-state index in [1.807, 2.05) is 0 Å². The first kappa shape index (κ1) is 25.9. The molecule has 0 aromatic heterocycles. The molecule has 0 atom stereocenters. The zero-order valence-corrected chi connectivity index (χ0v) is 21.7. The predicted octanol–water partition coefficient (Wildman–Crippen LogP) is 6.61. The predicted molar refractivity (Wildman–Crippen MR) is 140 cm³/mol. The molecule has 0 fully saturated rings. The van der Waals surface area contributed by atoms with Crippen molar-refractivity contribution in [3.05, 3.63) is 125 Å². The van der Waals surface area contributed by atoms with Crippen molar-refractivity contribution in [3.8, 4) is 0 Å². The third kappa shape index (κ3) is 5.32.